The van der Waals surface area contributed by atoms with E-state index in [9.17, 15) is 0 Å². The van der Waals surface area contributed by atoms with Gasteiger partial charge in [0.25, 0.3) is 0 Å². The molecule has 2 aromatic rings. The van der Waals surface area contributed by atoms with Gasteiger partial charge in [-0.1, -0.05) is 30.3 Å². The molecule has 0 saturated heterocycles. The number of nitrogens with one attached hydrogen (secondary N) is 2. The van der Waals surface area contributed by atoms with Crippen molar-refractivity contribution in [2.75, 3.05) is 32.7 Å². The van der Waals surface area contributed by atoms with Gasteiger partial charge in [0.05, 0.1) is 0 Å². The van der Waals surface area contributed by atoms with Crippen molar-refractivity contribution in [2.24, 2.45) is 4.99 Å². The molecule has 1 aliphatic heterocycles. The Hall–Kier alpha value is -2.40. The number of aromatic nitrogens is 1. The normalized spacial score (nSPS) is 14.6. The monoisotopic (exact) mass is 365 g/mol. The topological polar surface area (TPSA) is 52.6 Å². The first-order valence-corrected chi connectivity index (χ1v) is 10.1. The molecule has 5 nitrogen and oxygen atoms in total. The first-order valence-electron chi connectivity index (χ1n) is 10.1. The molecule has 144 valence electrons. The molecule has 0 amide bonds. The van der Waals surface area contributed by atoms with Gasteiger partial charge in [-0.2, -0.15) is 0 Å². The minimum absolute atomic E-state index is 0.839. The smallest absolute Gasteiger partial charge is 0.191 e. The van der Waals surface area contributed by atoms with E-state index >= 15 is 0 Å². The lowest BCUT2D eigenvalue weighted by Gasteiger charge is -2.28. The number of aliphatic imine (C=N–C) groups is 1. The largest absolute Gasteiger partial charge is 0.357 e. The Morgan fingerprint density at radius 2 is 1.96 bits per heavy atom. The minimum atomic E-state index is 0.839. The van der Waals surface area contributed by atoms with Crippen LogP contribution in [0.25, 0.3) is 0 Å². The van der Waals surface area contributed by atoms with Crippen molar-refractivity contribution in [1.82, 2.24) is 20.5 Å². The molecule has 0 spiro atoms. The molecule has 0 saturated carbocycles. The fraction of sp³-hybridized carbons (Fsp3) is 0.455. The number of guanidine groups is 1. The molecular formula is C22H31N5. The zero-order chi connectivity index (χ0) is 18.7. The van der Waals surface area contributed by atoms with E-state index < -0.39 is 0 Å². The van der Waals surface area contributed by atoms with Gasteiger partial charge in [-0.3, -0.25) is 14.9 Å². The second-order valence-electron chi connectivity index (χ2n) is 6.91. The molecule has 3 rings (SSSR count). The van der Waals surface area contributed by atoms with Crippen LogP contribution >= 0.6 is 0 Å². The van der Waals surface area contributed by atoms with Crippen LogP contribution in [0.15, 0.2) is 53.7 Å². The molecule has 0 atom stereocenters. The summed E-state index contributed by atoms with van der Waals surface area (Å²) in [4.78, 5) is 11.6. The molecule has 1 aliphatic rings. The Kier molecular flexibility index (Phi) is 7.66. The fourth-order valence-electron chi connectivity index (χ4n) is 3.43. The second-order valence-corrected chi connectivity index (χ2v) is 6.91. The number of nitrogens with zero attached hydrogens (tertiary/aromatic N) is 3. The maximum atomic E-state index is 4.72. The molecule has 0 fully saturated rings. The van der Waals surface area contributed by atoms with Gasteiger partial charge in [-0.05, 0) is 43.0 Å². The predicted molar refractivity (Wildman–Crippen MR) is 112 cm³/mol. The molecule has 0 bridgehead atoms. The summed E-state index contributed by atoms with van der Waals surface area (Å²) < 4.78 is 0. The van der Waals surface area contributed by atoms with Gasteiger partial charge in [-0.25, -0.2) is 0 Å². The highest BCUT2D eigenvalue weighted by Crippen LogP contribution is 2.18. The van der Waals surface area contributed by atoms with Gasteiger partial charge in [0, 0.05) is 57.6 Å². The van der Waals surface area contributed by atoms with Crippen LogP contribution in [0.2, 0.25) is 0 Å². The number of hydrogen-bond donors (Lipinski definition) is 2. The Balaban J connectivity index is 1.38. The Morgan fingerprint density at radius 1 is 1.11 bits per heavy atom. The van der Waals surface area contributed by atoms with E-state index in [-0.39, 0.29) is 0 Å². The molecular weight excluding hydrogens is 334 g/mol. The van der Waals surface area contributed by atoms with E-state index in [0.29, 0.717) is 0 Å². The van der Waals surface area contributed by atoms with Crippen molar-refractivity contribution in [3.63, 3.8) is 0 Å². The van der Waals surface area contributed by atoms with Crippen molar-refractivity contribution in [3.8, 4) is 0 Å². The lowest BCUT2D eigenvalue weighted by Crippen LogP contribution is -2.38. The third kappa shape index (κ3) is 6.36. The predicted octanol–water partition coefficient (Wildman–Crippen LogP) is 2.63. The van der Waals surface area contributed by atoms with Gasteiger partial charge < -0.3 is 10.6 Å². The van der Waals surface area contributed by atoms with Crippen molar-refractivity contribution >= 4 is 5.96 Å². The molecule has 0 aliphatic carbocycles. The molecule has 0 unspecified atom stereocenters. The summed E-state index contributed by atoms with van der Waals surface area (Å²) in [6, 6.07) is 14.8. The second kappa shape index (κ2) is 10.7. The van der Waals surface area contributed by atoms with Crippen molar-refractivity contribution in [3.05, 3.63) is 65.5 Å². The van der Waals surface area contributed by atoms with Crippen LogP contribution in [0.4, 0.5) is 0 Å². The standard InChI is InChI=1S/C22H31N5/c1-2-23-22(26-15-11-21-10-5-6-13-24-21)25-14-7-16-27-17-12-19-8-3-4-9-20(19)18-27/h3-6,8-10,13H,2,7,11-12,14-18H2,1H3,(H2,23,25,26). The summed E-state index contributed by atoms with van der Waals surface area (Å²) in [5.41, 5.74) is 4.10. The molecule has 1 aromatic heterocycles. The molecule has 0 radical (unpaired) electrons. The third-order valence-electron chi connectivity index (χ3n) is 4.86. The zero-order valence-corrected chi connectivity index (χ0v) is 16.3. The lowest BCUT2D eigenvalue weighted by atomic mass is 10.00. The quantitative estimate of drug-likeness (QED) is 0.429. The van der Waals surface area contributed by atoms with Crippen LogP contribution in [0.1, 0.15) is 30.2 Å². The van der Waals surface area contributed by atoms with Gasteiger partial charge in [0.15, 0.2) is 5.96 Å². The molecule has 27 heavy (non-hydrogen) atoms. The van der Waals surface area contributed by atoms with Crippen LogP contribution in [-0.2, 0) is 19.4 Å². The van der Waals surface area contributed by atoms with Gasteiger partial charge in [0.2, 0.25) is 0 Å². The molecule has 2 N–H and O–H groups in total. The number of pyridine rings is 1. The minimum Gasteiger partial charge on any atom is -0.357 e. The van der Waals surface area contributed by atoms with Gasteiger partial charge >= 0.3 is 0 Å². The van der Waals surface area contributed by atoms with Crippen molar-refractivity contribution in [2.45, 2.75) is 32.7 Å². The maximum Gasteiger partial charge on any atom is 0.191 e. The first kappa shape index (κ1) is 19.4. The van der Waals surface area contributed by atoms with Crippen LogP contribution in [-0.4, -0.2) is 48.6 Å². The average Bonchev–Trinajstić information content (AvgIpc) is 2.72. The summed E-state index contributed by atoms with van der Waals surface area (Å²) in [5.74, 6) is 0.900. The highest BCUT2D eigenvalue weighted by atomic mass is 15.2. The van der Waals surface area contributed by atoms with Gasteiger partial charge in [0.1, 0.15) is 0 Å². The molecule has 2 heterocycles. The molecule has 1 aromatic carbocycles. The van der Waals surface area contributed by atoms with E-state index in [1.54, 1.807) is 0 Å². The van der Waals surface area contributed by atoms with Gasteiger partial charge in [-0.15, -0.1) is 0 Å². The number of hydrogen-bond acceptors (Lipinski definition) is 3. The lowest BCUT2D eigenvalue weighted by molar-refractivity contribution is 0.252. The van der Waals surface area contributed by atoms with Crippen LogP contribution in [0, 0.1) is 0 Å². The summed E-state index contributed by atoms with van der Waals surface area (Å²) in [5, 5.41) is 6.73. The Morgan fingerprint density at radius 3 is 2.78 bits per heavy atom. The van der Waals surface area contributed by atoms with Crippen molar-refractivity contribution in [1.29, 1.82) is 0 Å². The first-order chi connectivity index (χ1) is 13.3. The van der Waals surface area contributed by atoms with Crippen molar-refractivity contribution < 1.29 is 0 Å². The van der Waals surface area contributed by atoms with E-state index in [4.69, 9.17) is 4.99 Å². The summed E-state index contributed by atoms with van der Waals surface area (Å²) in [6.07, 6.45) is 4.99. The highest BCUT2D eigenvalue weighted by molar-refractivity contribution is 5.79. The van der Waals surface area contributed by atoms with E-state index in [0.717, 1.165) is 70.2 Å². The number of benzene rings is 1. The fourth-order valence-corrected chi connectivity index (χ4v) is 3.43. The zero-order valence-electron chi connectivity index (χ0n) is 16.3. The van der Waals surface area contributed by atoms with Crippen LogP contribution in [0.5, 0.6) is 0 Å². The van der Waals surface area contributed by atoms with Crippen LogP contribution < -0.4 is 10.6 Å². The Labute approximate surface area is 162 Å². The maximum absolute atomic E-state index is 4.72. The summed E-state index contributed by atoms with van der Waals surface area (Å²) in [7, 11) is 0. The summed E-state index contributed by atoms with van der Waals surface area (Å²) >= 11 is 0. The van der Waals surface area contributed by atoms with E-state index in [1.165, 1.54) is 11.1 Å². The third-order valence-corrected chi connectivity index (χ3v) is 4.86. The molecule has 5 heteroatoms. The Bertz CT molecular complexity index is 714. The van der Waals surface area contributed by atoms with Crippen LogP contribution in [0.3, 0.4) is 0 Å². The number of fused-ring (bicyclic) bond motifs is 1. The SMILES string of the molecule is CCNC(=NCCCN1CCc2ccccc2C1)NCCc1ccccn1. The van der Waals surface area contributed by atoms with E-state index in [1.807, 2.05) is 18.3 Å². The highest BCUT2D eigenvalue weighted by Gasteiger charge is 2.14. The summed E-state index contributed by atoms with van der Waals surface area (Å²) in [6.45, 7) is 7.98. The number of rotatable bonds is 8. The average molecular weight is 366 g/mol. The van der Waals surface area contributed by atoms with E-state index in [2.05, 4.69) is 57.8 Å².